The summed E-state index contributed by atoms with van der Waals surface area (Å²) >= 11 is 0. The van der Waals surface area contributed by atoms with Gasteiger partial charge in [-0.3, -0.25) is 9.59 Å². The minimum Gasteiger partial charge on any atom is -0.497 e. The van der Waals surface area contributed by atoms with Crippen molar-refractivity contribution in [2.24, 2.45) is 0 Å². The fourth-order valence-corrected chi connectivity index (χ4v) is 2.49. The zero-order valence-electron chi connectivity index (χ0n) is 13.1. The molecule has 0 saturated carbocycles. The molecule has 1 aliphatic rings. The molecule has 0 unspecified atom stereocenters. The zero-order valence-corrected chi connectivity index (χ0v) is 13.1. The number of amides is 2. The van der Waals surface area contributed by atoms with Crippen LogP contribution < -0.4 is 14.8 Å². The van der Waals surface area contributed by atoms with Crippen molar-refractivity contribution in [3.05, 3.63) is 23.8 Å². The van der Waals surface area contributed by atoms with Gasteiger partial charge in [0, 0.05) is 19.0 Å². The van der Waals surface area contributed by atoms with Crippen LogP contribution in [0.5, 0.6) is 11.5 Å². The summed E-state index contributed by atoms with van der Waals surface area (Å²) in [6.07, 6.45) is -4.63. The number of hydrogen-bond donors (Lipinski definition) is 1. The van der Waals surface area contributed by atoms with E-state index in [-0.39, 0.29) is 24.3 Å². The van der Waals surface area contributed by atoms with Gasteiger partial charge in [0.25, 0.3) is 5.91 Å². The highest BCUT2D eigenvalue weighted by molar-refractivity contribution is 5.97. The Morgan fingerprint density at radius 3 is 2.62 bits per heavy atom. The van der Waals surface area contributed by atoms with Crippen molar-refractivity contribution in [1.29, 1.82) is 0 Å². The van der Waals surface area contributed by atoms with E-state index in [0.717, 1.165) is 0 Å². The number of carbonyl (C=O) groups is 2. The lowest BCUT2D eigenvalue weighted by Crippen LogP contribution is -2.39. The van der Waals surface area contributed by atoms with Crippen LogP contribution in [0.2, 0.25) is 0 Å². The van der Waals surface area contributed by atoms with E-state index in [9.17, 15) is 22.8 Å². The van der Waals surface area contributed by atoms with E-state index in [1.165, 1.54) is 26.4 Å². The molecule has 1 N–H and O–H groups in total. The number of ether oxygens (including phenoxy) is 2. The molecule has 1 aliphatic heterocycles. The highest BCUT2D eigenvalue weighted by Crippen LogP contribution is 2.25. The van der Waals surface area contributed by atoms with Gasteiger partial charge in [-0.25, -0.2) is 0 Å². The second kappa shape index (κ2) is 6.98. The number of nitrogens with zero attached hydrogens (tertiary/aromatic N) is 1. The number of methoxy groups -OCH3 is 2. The van der Waals surface area contributed by atoms with Crippen molar-refractivity contribution in [3.8, 4) is 11.5 Å². The summed E-state index contributed by atoms with van der Waals surface area (Å²) in [5, 5.41) is 2.56. The highest BCUT2D eigenvalue weighted by atomic mass is 19.4. The minimum atomic E-state index is -4.46. The highest BCUT2D eigenvalue weighted by Gasteiger charge is 2.38. The van der Waals surface area contributed by atoms with Crippen LogP contribution in [0.4, 0.5) is 13.2 Å². The first kappa shape index (κ1) is 17.9. The third-order valence-corrected chi connectivity index (χ3v) is 3.57. The third kappa shape index (κ3) is 4.30. The molecule has 2 rings (SSSR count). The summed E-state index contributed by atoms with van der Waals surface area (Å²) in [5.41, 5.74) is 0.208. The standard InChI is InChI=1S/C15H17F3N2O4/c1-23-10-3-4-11(12(6-10)24-2)14(22)19-9-5-13(21)20(7-9)8-15(16,17)18/h3-4,6,9H,5,7-8H2,1-2H3,(H,19,22)/t9-/m0/s1. The maximum Gasteiger partial charge on any atom is 0.406 e. The van der Waals surface area contributed by atoms with Crippen LogP contribution in [0.3, 0.4) is 0 Å². The number of hydrogen-bond acceptors (Lipinski definition) is 4. The molecular weight excluding hydrogens is 329 g/mol. The molecule has 24 heavy (non-hydrogen) atoms. The van der Waals surface area contributed by atoms with Gasteiger partial charge in [-0.1, -0.05) is 0 Å². The third-order valence-electron chi connectivity index (χ3n) is 3.57. The second-order valence-electron chi connectivity index (χ2n) is 5.33. The Morgan fingerprint density at radius 1 is 1.33 bits per heavy atom. The molecule has 0 aliphatic carbocycles. The maximum atomic E-state index is 12.4. The van der Waals surface area contributed by atoms with Gasteiger partial charge in [-0.2, -0.15) is 13.2 Å². The van der Waals surface area contributed by atoms with Crippen molar-refractivity contribution in [1.82, 2.24) is 10.2 Å². The van der Waals surface area contributed by atoms with Crippen molar-refractivity contribution >= 4 is 11.8 Å². The average Bonchev–Trinajstić information content (AvgIpc) is 2.83. The van der Waals surface area contributed by atoms with E-state index in [1.54, 1.807) is 6.07 Å². The van der Waals surface area contributed by atoms with Crippen LogP contribution in [0.1, 0.15) is 16.8 Å². The number of alkyl halides is 3. The average molecular weight is 346 g/mol. The summed E-state index contributed by atoms with van der Waals surface area (Å²) in [7, 11) is 2.85. The summed E-state index contributed by atoms with van der Waals surface area (Å²) in [4.78, 5) is 24.6. The van der Waals surface area contributed by atoms with Gasteiger partial charge in [-0.05, 0) is 12.1 Å². The van der Waals surface area contributed by atoms with E-state index in [0.29, 0.717) is 10.6 Å². The molecule has 9 heteroatoms. The molecule has 2 amide bonds. The molecule has 0 radical (unpaired) electrons. The van der Waals surface area contributed by atoms with Crippen LogP contribution in [0, 0.1) is 0 Å². The molecule has 1 aromatic carbocycles. The van der Waals surface area contributed by atoms with Crippen LogP contribution in [-0.4, -0.2) is 56.2 Å². The summed E-state index contributed by atoms with van der Waals surface area (Å²) in [5.74, 6) is -0.403. The largest absolute Gasteiger partial charge is 0.497 e. The lowest BCUT2D eigenvalue weighted by Gasteiger charge is -2.19. The van der Waals surface area contributed by atoms with Gasteiger partial charge in [0.1, 0.15) is 18.0 Å². The van der Waals surface area contributed by atoms with Crippen molar-refractivity contribution in [2.45, 2.75) is 18.6 Å². The van der Waals surface area contributed by atoms with Crippen molar-refractivity contribution < 1.29 is 32.2 Å². The molecular formula is C15H17F3N2O4. The van der Waals surface area contributed by atoms with E-state index < -0.39 is 30.6 Å². The van der Waals surface area contributed by atoms with Crippen LogP contribution >= 0.6 is 0 Å². The smallest absolute Gasteiger partial charge is 0.406 e. The van der Waals surface area contributed by atoms with E-state index in [1.807, 2.05) is 0 Å². The first-order chi connectivity index (χ1) is 11.2. The van der Waals surface area contributed by atoms with Gasteiger partial charge in [0.2, 0.25) is 5.91 Å². The number of likely N-dealkylation sites (tertiary alicyclic amines) is 1. The Morgan fingerprint density at radius 2 is 2.04 bits per heavy atom. The molecule has 0 bridgehead atoms. The molecule has 6 nitrogen and oxygen atoms in total. The Kier molecular flexibility index (Phi) is 5.20. The summed E-state index contributed by atoms with van der Waals surface area (Å²) in [6.45, 7) is -1.49. The first-order valence-corrected chi connectivity index (χ1v) is 7.11. The monoisotopic (exact) mass is 346 g/mol. The van der Waals surface area contributed by atoms with E-state index >= 15 is 0 Å². The number of carbonyl (C=O) groups excluding carboxylic acids is 2. The predicted octanol–water partition coefficient (Wildman–Crippen LogP) is 1.60. The quantitative estimate of drug-likeness (QED) is 0.879. The van der Waals surface area contributed by atoms with Gasteiger partial charge >= 0.3 is 6.18 Å². The fourth-order valence-electron chi connectivity index (χ4n) is 2.49. The summed E-state index contributed by atoms with van der Waals surface area (Å²) in [6, 6.07) is 3.88. The van der Waals surface area contributed by atoms with E-state index in [4.69, 9.17) is 9.47 Å². The van der Waals surface area contributed by atoms with Crippen LogP contribution in [0.25, 0.3) is 0 Å². The fraction of sp³-hybridized carbons (Fsp3) is 0.467. The molecule has 0 aromatic heterocycles. The number of rotatable bonds is 5. The molecule has 0 spiro atoms. The topological polar surface area (TPSA) is 67.9 Å². The second-order valence-corrected chi connectivity index (χ2v) is 5.33. The molecule has 1 aromatic rings. The lowest BCUT2D eigenvalue weighted by atomic mass is 10.1. The van der Waals surface area contributed by atoms with E-state index in [2.05, 4.69) is 5.32 Å². The minimum absolute atomic E-state index is 0.166. The molecule has 1 heterocycles. The van der Waals surface area contributed by atoms with Crippen molar-refractivity contribution in [3.63, 3.8) is 0 Å². The molecule has 1 fully saturated rings. The molecule has 132 valence electrons. The molecule has 1 atom stereocenters. The van der Waals surface area contributed by atoms with Crippen molar-refractivity contribution in [2.75, 3.05) is 27.3 Å². The lowest BCUT2D eigenvalue weighted by molar-refractivity contribution is -0.157. The van der Waals surface area contributed by atoms with Crippen LogP contribution in [-0.2, 0) is 4.79 Å². The van der Waals surface area contributed by atoms with Gasteiger partial charge in [0.05, 0.1) is 25.8 Å². The Labute approximate surface area is 136 Å². The SMILES string of the molecule is COc1ccc(C(=O)N[C@H]2CC(=O)N(CC(F)(F)F)C2)c(OC)c1. The van der Waals surface area contributed by atoms with Gasteiger partial charge < -0.3 is 19.7 Å². The first-order valence-electron chi connectivity index (χ1n) is 7.11. The summed E-state index contributed by atoms with van der Waals surface area (Å²) < 4.78 is 47.3. The van der Waals surface area contributed by atoms with Gasteiger partial charge in [0.15, 0.2) is 0 Å². The zero-order chi connectivity index (χ0) is 17.9. The Balaban J connectivity index is 2.04. The van der Waals surface area contributed by atoms with Gasteiger partial charge in [-0.15, -0.1) is 0 Å². The Hall–Kier alpha value is -2.45. The number of nitrogens with one attached hydrogen (secondary N) is 1. The number of benzene rings is 1. The number of halogens is 3. The van der Waals surface area contributed by atoms with Crippen LogP contribution in [0.15, 0.2) is 18.2 Å². The Bertz CT molecular complexity index is 634. The predicted molar refractivity (Wildman–Crippen MR) is 78.1 cm³/mol. The normalized spacial score (nSPS) is 17.8. The molecule has 1 saturated heterocycles. The maximum absolute atomic E-state index is 12.4.